The summed E-state index contributed by atoms with van der Waals surface area (Å²) in [5.74, 6) is -0.140. The van der Waals surface area contributed by atoms with Gasteiger partial charge in [-0.25, -0.2) is 0 Å². The maximum Gasteiger partial charge on any atom is 0.324 e. The summed E-state index contributed by atoms with van der Waals surface area (Å²) >= 11 is 5.99. The second kappa shape index (κ2) is 3.22. The maximum absolute atomic E-state index is 11.5. The van der Waals surface area contributed by atoms with Crippen LogP contribution in [0.25, 0.3) is 0 Å². The summed E-state index contributed by atoms with van der Waals surface area (Å²) in [6, 6.07) is 5.68. The van der Waals surface area contributed by atoms with E-state index in [9.17, 15) is 4.79 Å². The third kappa shape index (κ3) is 1.28. The molecule has 0 radical (unpaired) electrons. The average molecular weight is 238 g/mol. The third-order valence-electron chi connectivity index (χ3n) is 3.43. The molecule has 3 rings (SSSR count). The van der Waals surface area contributed by atoms with Crippen LogP contribution in [0.4, 0.5) is 0 Å². The molecule has 2 atom stereocenters. The molecule has 1 N–H and O–H groups in total. The maximum atomic E-state index is 11.5. The molecular formula is C12H12ClNO2. The molecule has 84 valence electrons. The van der Waals surface area contributed by atoms with Crippen LogP contribution in [0.3, 0.4) is 0 Å². The molecule has 0 amide bonds. The molecule has 1 aromatic carbocycles. The Bertz CT molecular complexity index is 474. The fourth-order valence-electron chi connectivity index (χ4n) is 2.48. The van der Waals surface area contributed by atoms with Crippen LogP contribution in [0.15, 0.2) is 18.2 Å². The number of nitrogens with one attached hydrogen (secondary N) is 1. The van der Waals surface area contributed by atoms with Crippen molar-refractivity contribution < 1.29 is 9.53 Å². The van der Waals surface area contributed by atoms with Crippen LogP contribution in [0.2, 0.25) is 5.02 Å². The molecule has 2 saturated heterocycles. The van der Waals surface area contributed by atoms with Gasteiger partial charge in [0.2, 0.25) is 0 Å². The van der Waals surface area contributed by atoms with Gasteiger partial charge in [-0.2, -0.15) is 0 Å². The van der Waals surface area contributed by atoms with Crippen molar-refractivity contribution in [2.75, 3.05) is 6.54 Å². The van der Waals surface area contributed by atoms with Gasteiger partial charge in [-0.1, -0.05) is 23.7 Å². The fraction of sp³-hybridized carbons (Fsp3) is 0.417. The van der Waals surface area contributed by atoms with Gasteiger partial charge in [0.1, 0.15) is 6.04 Å². The van der Waals surface area contributed by atoms with Crippen LogP contribution in [-0.2, 0) is 15.1 Å². The highest BCUT2D eigenvalue weighted by atomic mass is 35.5. The highest BCUT2D eigenvalue weighted by Gasteiger charge is 2.53. The van der Waals surface area contributed by atoms with E-state index >= 15 is 0 Å². The lowest BCUT2D eigenvalue weighted by Gasteiger charge is -2.27. The number of rotatable bonds is 1. The van der Waals surface area contributed by atoms with Crippen LogP contribution >= 0.6 is 11.6 Å². The number of halogens is 1. The van der Waals surface area contributed by atoms with Crippen LogP contribution < -0.4 is 5.32 Å². The first-order valence-corrected chi connectivity index (χ1v) is 5.71. The van der Waals surface area contributed by atoms with Crippen molar-refractivity contribution in [1.82, 2.24) is 5.32 Å². The Morgan fingerprint density at radius 2 is 2.38 bits per heavy atom. The Kier molecular flexibility index (Phi) is 2.03. The van der Waals surface area contributed by atoms with Gasteiger partial charge in [-0.15, -0.1) is 0 Å². The number of ether oxygens (including phenoxy) is 1. The summed E-state index contributed by atoms with van der Waals surface area (Å²) in [5.41, 5.74) is 1.59. The third-order valence-corrected chi connectivity index (χ3v) is 3.86. The lowest BCUT2D eigenvalue weighted by atomic mass is 9.92. The predicted molar refractivity (Wildman–Crippen MR) is 60.4 cm³/mol. The molecular weight excluding hydrogens is 226 g/mol. The molecule has 4 heteroatoms. The van der Waals surface area contributed by atoms with Gasteiger partial charge in [-0.3, -0.25) is 10.1 Å². The molecule has 16 heavy (non-hydrogen) atoms. The van der Waals surface area contributed by atoms with E-state index < -0.39 is 5.60 Å². The standard InChI is InChI=1S/C12H12ClNO2/c1-7-4-8(2-3-9(7)13)12-5-10(14-6-12)11(15)16-12/h2-4,10,14H,5-6H2,1H3/t10?,12-/m0/s1. The van der Waals surface area contributed by atoms with E-state index in [1.165, 1.54) is 0 Å². The summed E-state index contributed by atoms with van der Waals surface area (Å²) < 4.78 is 5.48. The number of morpholine rings is 1. The van der Waals surface area contributed by atoms with Crippen LogP contribution in [0.1, 0.15) is 17.5 Å². The Morgan fingerprint density at radius 3 is 2.94 bits per heavy atom. The summed E-state index contributed by atoms with van der Waals surface area (Å²) in [6.07, 6.45) is 0.729. The van der Waals surface area contributed by atoms with Gasteiger partial charge in [0, 0.05) is 18.0 Å². The van der Waals surface area contributed by atoms with Crippen molar-refractivity contribution >= 4 is 17.6 Å². The van der Waals surface area contributed by atoms with Crippen molar-refractivity contribution in [3.8, 4) is 0 Å². The molecule has 0 aliphatic carbocycles. The predicted octanol–water partition coefficient (Wildman–Crippen LogP) is 1.76. The van der Waals surface area contributed by atoms with Crippen molar-refractivity contribution in [2.45, 2.75) is 25.0 Å². The van der Waals surface area contributed by atoms with Crippen molar-refractivity contribution in [1.29, 1.82) is 0 Å². The van der Waals surface area contributed by atoms with Gasteiger partial charge in [0.25, 0.3) is 0 Å². The average Bonchev–Trinajstić information content (AvgIpc) is 2.80. The monoisotopic (exact) mass is 237 g/mol. The van der Waals surface area contributed by atoms with E-state index in [0.717, 1.165) is 22.6 Å². The zero-order valence-corrected chi connectivity index (χ0v) is 9.67. The van der Waals surface area contributed by atoms with Crippen molar-refractivity contribution in [2.24, 2.45) is 0 Å². The SMILES string of the molecule is Cc1cc([C@@]23CNC(C2)C(=O)O3)ccc1Cl. The number of benzene rings is 1. The summed E-state index contributed by atoms with van der Waals surface area (Å²) in [5, 5.41) is 3.91. The Morgan fingerprint density at radius 1 is 1.56 bits per heavy atom. The molecule has 0 saturated carbocycles. The van der Waals surface area contributed by atoms with Gasteiger partial charge < -0.3 is 4.74 Å². The second-order valence-corrected chi connectivity index (χ2v) is 4.92. The zero-order chi connectivity index (χ0) is 11.3. The lowest BCUT2D eigenvalue weighted by molar-refractivity contribution is -0.153. The van der Waals surface area contributed by atoms with E-state index in [1.54, 1.807) is 0 Å². The van der Waals surface area contributed by atoms with Crippen molar-refractivity contribution in [3.63, 3.8) is 0 Å². The topological polar surface area (TPSA) is 38.3 Å². The van der Waals surface area contributed by atoms with E-state index in [-0.39, 0.29) is 12.0 Å². The lowest BCUT2D eigenvalue weighted by Crippen LogP contribution is -2.40. The van der Waals surface area contributed by atoms with Crippen LogP contribution in [-0.4, -0.2) is 18.6 Å². The van der Waals surface area contributed by atoms with Crippen molar-refractivity contribution in [3.05, 3.63) is 34.3 Å². The van der Waals surface area contributed by atoms with E-state index in [0.29, 0.717) is 6.54 Å². The number of aryl methyl sites for hydroxylation is 1. The Labute approximate surface area is 98.7 Å². The molecule has 2 aliphatic rings. The van der Waals surface area contributed by atoms with Gasteiger partial charge in [0.15, 0.2) is 5.60 Å². The zero-order valence-electron chi connectivity index (χ0n) is 8.92. The Balaban J connectivity index is 2.04. The van der Waals surface area contributed by atoms with Gasteiger partial charge in [0.05, 0.1) is 0 Å². The number of esters is 1. The number of fused-ring (bicyclic) bond motifs is 2. The minimum atomic E-state index is -0.461. The molecule has 2 fully saturated rings. The molecule has 2 aliphatic heterocycles. The van der Waals surface area contributed by atoms with E-state index in [2.05, 4.69) is 5.32 Å². The van der Waals surface area contributed by atoms with Gasteiger partial charge in [-0.05, 0) is 24.1 Å². The molecule has 1 unspecified atom stereocenters. The molecule has 0 spiro atoms. The highest BCUT2D eigenvalue weighted by Crippen LogP contribution is 2.41. The quantitative estimate of drug-likeness (QED) is 0.757. The number of hydrogen-bond donors (Lipinski definition) is 1. The smallest absolute Gasteiger partial charge is 0.324 e. The first-order chi connectivity index (χ1) is 7.61. The van der Waals surface area contributed by atoms with E-state index in [1.807, 2.05) is 25.1 Å². The normalized spacial score (nSPS) is 31.9. The van der Waals surface area contributed by atoms with Crippen LogP contribution in [0.5, 0.6) is 0 Å². The van der Waals surface area contributed by atoms with Crippen LogP contribution in [0, 0.1) is 6.92 Å². The largest absolute Gasteiger partial charge is 0.452 e. The molecule has 2 bridgehead atoms. The molecule has 2 heterocycles. The number of carbonyl (C=O) groups excluding carboxylic acids is 1. The summed E-state index contributed by atoms with van der Waals surface area (Å²) in [7, 11) is 0. The minimum Gasteiger partial charge on any atom is -0.452 e. The second-order valence-electron chi connectivity index (χ2n) is 4.52. The number of carbonyl (C=O) groups is 1. The first kappa shape index (κ1) is 10.1. The van der Waals surface area contributed by atoms with Gasteiger partial charge >= 0.3 is 5.97 Å². The summed E-state index contributed by atoms with van der Waals surface area (Å²) in [4.78, 5) is 11.5. The molecule has 1 aromatic rings. The van der Waals surface area contributed by atoms with E-state index in [4.69, 9.17) is 16.3 Å². The molecule has 0 aromatic heterocycles. The number of hydrogen-bond acceptors (Lipinski definition) is 3. The fourth-order valence-corrected chi connectivity index (χ4v) is 2.59. The first-order valence-electron chi connectivity index (χ1n) is 5.34. The summed E-state index contributed by atoms with van der Waals surface area (Å²) in [6.45, 7) is 2.66. The minimum absolute atomic E-state index is 0.129. The molecule has 3 nitrogen and oxygen atoms in total. The highest BCUT2D eigenvalue weighted by molar-refractivity contribution is 6.31. The Hall–Kier alpha value is -1.06.